The summed E-state index contributed by atoms with van der Waals surface area (Å²) in [7, 11) is 0. The third-order valence-electron chi connectivity index (χ3n) is 3.33. The monoisotopic (exact) mass is 257 g/mol. The topological polar surface area (TPSA) is 29.1 Å². The van der Waals surface area contributed by atoms with E-state index in [4.69, 9.17) is 0 Å². The minimum absolute atomic E-state index is 0.0605. The van der Waals surface area contributed by atoms with Crippen molar-refractivity contribution in [2.75, 3.05) is 6.54 Å². The highest BCUT2D eigenvalue weighted by Crippen LogP contribution is 2.30. The average Bonchev–Trinajstić information content (AvgIpc) is 2.88. The lowest BCUT2D eigenvalue weighted by molar-refractivity contribution is 0.0946. The van der Waals surface area contributed by atoms with Crippen molar-refractivity contribution < 1.29 is 4.79 Å². The van der Waals surface area contributed by atoms with Crippen molar-refractivity contribution in [2.45, 2.75) is 19.8 Å². The summed E-state index contributed by atoms with van der Waals surface area (Å²) in [5.41, 5.74) is 3.15. The third-order valence-corrected chi connectivity index (χ3v) is 4.61. The first-order chi connectivity index (χ1) is 8.78. The van der Waals surface area contributed by atoms with Crippen molar-refractivity contribution in [1.82, 2.24) is 5.32 Å². The molecule has 0 radical (unpaired) electrons. The fourth-order valence-electron chi connectivity index (χ4n) is 2.29. The Morgan fingerprint density at radius 1 is 1.28 bits per heavy atom. The van der Waals surface area contributed by atoms with Gasteiger partial charge >= 0.3 is 0 Å². The molecule has 0 fully saturated rings. The van der Waals surface area contributed by atoms with Gasteiger partial charge in [0.25, 0.3) is 5.91 Å². The van der Waals surface area contributed by atoms with Crippen LogP contribution in [0.25, 0.3) is 10.4 Å². The molecule has 0 atom stereocenters. The summed E-state index contributed by atoms with van der Waals surface area (Å²) in [4.78, 5) is 14.4. The highest BCUT2D eigenvalue weighted by atomic mass is 32.1. The van der Waals surface area contributed by atoms with Crippen LogP contribution in [0.1, 0.15) is 27.7 Å². The lowest BCUT2D eigenvalue weighted by Crippen LogP contribution is -2.31. The van der Waals surface area contributed by atoms with Crippen LogP contribution < -0.4 is 5.32 Å². The fourth-order valence-corrected chi connectivity index (χ4v) is 3.23. The van der Waals surface area contributed by atoms with E-state index in [0.29, 0.717) is 0 Å². The molecule has 1 amide bonds. The Morgan fingerprint density at radius 3 is 2.94 bits per heavy atom. The number of hydrogen-bond donors (Lipinski definition) is 1. The molecule has 3 heteroatoms. The van der Waals surface area contributed by atoms with Crippen LogP contribution in [0.5, 0.6) is 0 Å². The van der Waals surface area contributed by atoms with Crippen LogP contribution in [0.3, 0.4) is 0 Å². The standard InChI is InChI=1S/C15H15NOS/c1-2-12-5-6-14(18-12)11-4-3-10-7-8-16-15(17)13(10)9-11/h3-6,9H,2,7-8H2,1H3,(H,16,17). The lowest BCUT2D eigenvalue weighted by atomic mass is 9.97. The smallest absolute Gasteiger partial charge is 0.251 e. The minimum atomic E-state index is 0.0605. The molecule has 2 heterocycles. The second kappa shape index (κ2) is 4.58. The van der Waals surface area contributed by atoms with Gasteiger partial charge in [0.1, 0.15) is 0 Å². The molecule has 1 aromatic heterocycles. The summed E-state index contributed by atoms with van der Waals surface area (Å²) in [5, 5.41) is 2.90. The normalized spacial score (nSPS) is 14.2. The SMILES string of the molecule is CCc1ccc(-c2ccc3c(c2)C(=O)NCC3)s1. The molecular formula is C15H15NOS. The summed E-state index contributed by atoms with van der Waals surface area (Å²) in [6, 6.07) is 10.6. The second-order valence-corrected chi connectivity index (χ2v) is 5.67. The van der Waals surface area contributed by atoms with Gasteiger partial charge in [-0.2, -0.15) is 0 Å². The van der Waals surface area contributed by atoms with Gasteiger partial charge in [0, 0.05) is 21.9 Å². The van der Waals surface area contributed by atoms with Gasteiger partial charge in [-0.1, -0.05) is 19.1 Å². The van der Waals surface area contributed by atoms with E-state index >= 15 is 0 Å². The van der Waals surface area contributed by atoms with Crippen LogP contribution in [-0.4, -0.2) is 12.5 Å². The Balaban J connectivity index is 2.03. The summed E-state index contributed by atoms with van der Waals surface area (Å²) in [6.07, 6.45) is 2.00. The Kier molecular flexibility index (Phi) is 2.92. The number of nitrogens with one attached hydrogen (secondary N) is 1. The van der Waals surface area contributed by atoms with E-state index in [1.54, 1.807) is 11.3 Å². The molecule has 0 spiro atoms. The first kappa shape index (κ1) is 11.5. The summed E-state index contributed by atoms with van der Waals surface area (Å²) >= 11 is 1.81. The zero-order valence-corrected chi connectivity index (χ0v) is 11.1. The van der Waals surface area contributed by atoms with Gasteiger partial charge < -0.3 is 5.32 Å². The number of carbonyl (C=O) groups is 1. The summed E-state index contributed by atoms with van der Waals surface area (Å²) in [6.45, 7) is 2.92. The van der Waals surface area contributed by atoms with Crippen molar-refractivity contribution in [2.24, 2.45) is 0 Å². The molecule has 1 aliphatic rings. The zero-order chi connectivity index (χ0) is 12.5. The molecule has 0 unspecified atom stereocenters. The Labute approximate surface area is 111 Å². The molecule has 2 aromatic rings. The lowest BCUT2D eigenvalue weighted by Gasteiger charge is -2.16. The van der Waals surface area contributed by atoms with E-state index in [0.717, 1.165) is 36.1 Å². The van der Waals surface area contributed by atoms with Crippen molar-refractivity contribution >= 4 is 17.2 Å². The summed E-state index contributed by atoms with van der Waals surface area (Å²) in [5.74, 6) is 0.0605. The van der Waals surface area contributed by atoms with E-state index in [1.807, 2.05) is 6.07 Å². The fraction of sp³-hybridized carbons (Fsp3) is 0.267. The van der Waals surface area contributed by atoms with Gasteiger partial charge in [0.05, 0.1) is 0 Å². The number of amides is 1. The zero-order valence-electron chi connectivity index (χ0n) is 10.3. The van der Waals surface area contributed by atoms with Crippen molar-refractivity contribution in [3.05, 3.63) is 46.3 Å². The van der Waals surface area contributed by atoms with Crippen LogP contribution in [0.15, 0.2) is 30.3 Å². The van der Waals surface area contributed by atoms with E-state index in [2.05, 4.69) is 36.5 Å². The van der Waals surface area contributed by atoms with E-state index in [1.165, 1.54) is 9.75 Å². The second-order valence-electron chi connectivity index (χ2n) is 4.50. The maximum absolute atomic E-state index is 11.8. The molecule has 0 bridgehead atoms. The number of rotatable bonds is 2. The molecular weight excluding hydrogens is 242 g/mol. The molecule has 2 nitrogen and oxygen atoms in total. The molecule has 1 N–H and O–H groups in total. The molecule has 92 valence electrons. The van der Waals surface area contributed by atoms with Gasteiger partial charge in [-0.05, 0) is 42.2 Å². The van der Waals surface area contributed by atoms with E-state index in [-0.39, 0.29) is 5.91 Å². The van der Waals surface area contributed by atoms with Crippen LogP contribution in [0, 0.1) is 0 Å². The number of aryl methyl sites for hydroxylation is 1. The van der Waals surface area contributed by atoms with Crippen LogP contribution in [0.2, 0.25) is 0 Å². The van der Waals surface area contributed by atoms with Crippen LogP contribution >= 0.6 is 11.3 Å². The Morgan fingerprint density at radius 2 is 2.17 bits per heavy atom. The summed E-state index contributed by atoms with van der Waals surface area (Å²) < 4.78 is 0. The van der Waals surface area contributed by atoms with Crippen molar-refractivity contribution in [1.29, 1.82) is 0 Å². The number of carbonyl (C=O) groups excluding carboxylic acids is 1. The highest BCUT2D eigenvalue weighted by Gasteiger charge is 2.17. The molecule has 18 heavy (non-hydrogen) atoms. The maximum Gasteiger partial charge on any atom is 0.251 e. The van der Waals surface area contributed by atoms with Gasteiger partial charge in [-0.3, -0.25) is 4.79 Å². The molecule has 0 aliphatic carbocycles. The largest absolute Gasteiger partial charge is 0.352 e. The quantitative estimate of drug-likeness (QED) is 0.879. The van der Waals surface area contributed by atoms with E-state index < -0.39 is 0 Å². The average molecular weight is 257 g/mol. The first-order valence-electron chi connectivity index (χ1n) is 6.28. The predicted octanol–water partition coefficient (Wildman–Crippen LogP) is 3.26. The molecule has 0 saturated heterocycles. The van der Waals surface area contributed by atoms with Gasteiger partial charge in [-0.25, -0.2) is 0 Å². The number of thiophene rings is 1. The number of hydrogen-bond acceptors (Lipinski definition) is 2. The minimum Gasteiger partial charge on any atom is -0.352 e. The van der Waals surface area contributed by atoms with Gasteiger partial charge in [0.15, 0.2) is 0 Å². The van der Waals surface area contributed by atoms with E-state index in [9.17, 15) is 4.79 Å². The molecule has 0 saturated carbocycles. The predicted molar refractivity (Wildman–Crippen MR) is 75.2 cm³/mol. The van der Waals surface area contributed by atoms with Gasteiger partial charge in [0.2, 0.25) is 0 Å². The Bertz CT molecular complexity index is 600. The number of benzene rings is 1. The molecule has 1 aromatic carbocycles. The maximum atomic E-state index is 11.8. The van der Waals surface area contributed by atoms with Crippen molar-refractivity contribution in [3.8, 4) is 10.4 Å². The number of fused-ring (bicyclic) bond motifs is 1. The Hall–Kier alpha value is -1.61. The highest BCUT2D eigenvalue weighted by molar-refractivity contribution is 7.15. The third kappa shape index (κ3) is 1.95. The molecule has 3 rings (SSSR count). The van der Waals surface area contributed by atoms with Crippen LogP contribution in [-0.2, 0) is 12.8 Å². The van der Waals surface area contributed by atoms with Crippen LogP contribution in [0.4, 0.5) is 0 Å². The first-order valence-corrected chi connectivity index (χ1v) is 7.10. The van der Waals surface area contributed by atoms with Crippen molar-refractivity contribution in [3.63, 3.8) is 0 Å². The van der Waals surface area contributed by atoms with Gasteiger partial charge in [-0.15, -0.1) is 11.3 Å². The molecule has 1 aliphatic heterocycles.